The zero-order valence-electron chi connectivity index (χ0n) is 14.5. The first-order chi connectivity index (χ1) is 12.0. The molecule has 8 heteroatoms. The van der Waals surface area contributed by atoms with Crippen LogP contribution in [0.2, 0.25) is 0 Å². The Morgan fingerprint density at radius 1 is 1.36 bits per heavy atom. The van der Waals surface area contributed by atoms with Gasteiger partial charge < -0.3 is 15.0 Å². The summed E-state index contributed by atoms with van der Waals surface area (Å²) in [6.07, 6.45) is 3.51. The molecule has 8 nitrogen and oxygen atoms in total. The third-order valence-corrected chi connectivity index (χ3v) is 4.28. The molecule has 1 aliphatic rings. The quantitative estimate of drug-likeness (QED) is 0.890. The first-order valence-corrected chi connectivity index (χ1v) is 8.21. The average Bonchev–Trinajstić information content (AvgIpc) is 2.92. The van der Waals surface area contributed by atoms with Gasteiger partial charge in [0.1, 0.15) is 0 Å². The van der Waals surface area contributed by atoms with E-state index in [-0.39, 0.29) is 12.0 Å². The van der Waals surface area contributed by atoms with Crippen molar-refractivity contribution in [1.29, 1.82) is 0 Å². The van der Waals surface area contributed by atoms with Crippen LogP contribution in [0.1, 0.15) is 39.8 Å². The number of rotatable bonds is 3. The lowest BCUT2D eigenvalue weighted by molar-refractivity contribution is 0.101. The highest BCUT2D eigenvalue weighted by molar-refractivity contribution is 6.05. The molecule has 3 heterocycles. The Labute approximate surface area is 145 Å². The molecule has 0 aromatic carbocycles. The summed E-state index contributed by atoms with van der Waals surface area (Å²) >= 11 is 0. The highest BCUT2D eigenvalue weighted by Crippen LogP contribution is 2.24. The Morgan fingerprint density at radius 2 is 2.16 bits per heavy atom. The van der Waals surface area contributed by atoms with Crippen LogP contribution in [0.4, 0.5) is 10.5 Å². The monoisotopic (exact) mass is 343 g/mol. The number of hydrogen-bond donors (Lipinski definition) is 2. The van der Waals surface area contributed by atoms with E-state index in [9.17, 15) is 9.59 Å². The lowest BCUT2D eigenvalue weighted by atomic mass is 9.97. The summed E-state index contributed by atoms with van der Waals surface area (Å²) in [6, 6.07) is 0. The van der Waals surface area contributed by atoms with Gasteiger partial charge in [0, 0.05) is 18.9 Å². The minimum Gasteiger partial charge on any atom is -0.450 e. The third-order valence-electron chi connectivity index (χ3n) is 4.28. The van der Waals surface area contributed by atoms with Crippen molar-refractivity contribution in [3.63, 3.8) is 0 Å². The molecule has 25 heavy (non-hydrogen) atoms. The van der Waals surface area contributed by atoms with E-state index in [1.807, 2.05) is 13.8 Å². The van der Waals surface area contributed by atoms with E-state index in [0.29, 0.717) is 37.4 Å². The second-order valence-corrected chi connectivity index (χ2v) is 5.96. The van der Waals surface area contributed by atoms with Gasteiger partial charge in [-0.25, -0.2) is 4.79 Å². The lowest BCUT2D eigenvalue weighted by Crippen LogP contribution is -2.37. The highest BCUT2D eigenvalue weighted by atomic mass is 16.6. The van der Waals surface area contributed by atoms with Gasteiger partial charge >= 0.3 is 6.09 Å². The maximum Gasteiger partial charge on any atom is 0.410 e. The van der Waals surface area contributed by atoms with E-state index in [1.54, 1.807) is 24.2 Å². The van der Waals surface area contributed by atoms with E-state index >= 15 is 0 Å². The average molecular weight is 343 g/mol. The number of amides is 2. The molecule has 0 aliphatic carbocycles. The van der Waals surface area contributed by atoms with Gasteiger partial charge in [-0.05, 0) is 38.3 Å². The van der Waals surface area contributed by atoms with Crippen LogP contribution in [0, 0.1) is 13.8 Å². The number of aryl methyl sites for hydroxylation is 2. The number of carbonyl (C=O) groups excluding carboxylic acids is 2. The summed E-state index contributed by atoms with van der Waals surface area (Å²) in [6.45, 7) is 6.71. The van der Waals surface area contributed by atoms with Gasteiger partial charge in [-0.15, -0.1) is 0 Å². The van der Waals surface area contributed by atoms with Crippen molar-refractivity contribution in [3.05, 3.63) is 40.5 Å². The van der Waals surface area contributed by atoms with Gasteiger partial charge in [0.05, 0.1) is 35.8 Å². The molecule has 0 radical (unpaired) electrons. The first-order valence-electron chi connectivity index (χ1n) is 8.21. The van der Waals surface area contributed by atoms with E-state index in [0.717, 1.165) is 22.5 Å². The van der Waals surface area contributed by atoms with Gasteiger partial charge in [0.25, 0.3) is 5.91 Å². The Bertz CT molecular complexity index is 795. The number of H-pyrrole nitrogens is 1. The smallest absolute Gasteiger partial charge is 0.410 e. The van der Waals surface area contributed by atoms with Gasteiger partial charge in [0.15, 0.2) is 0 Å². The molecule has 0 spiro atoms. The van der Waals surface area contributed by atoms with Crippen molar-refractivity contribution in [2.75, 3.05) is 18.5 Å². The van der Waals surface area contributed by atoms with Crippen molar-refractivity contribution in [2.45, 2.75) is 33.7 Å². The van der Waals surface area contributed by atoms with Gasteiger partial charge in [-0.1, -0.05) is 0 Å². The maximum absolute atomic E-state index is 12.7. The minimum atomic E-state index is -0.340. The molecule has 0 saturated carbocycles. The van der Waals surface area contributed by atoms with Gasteiger partial charge in [0.2, 0.25) is 0 Å². The zero-order valence-corrected chi connectivity index (χ0v) is 14.5. The Hall–Kier alpha value is -2.90. The van der Waals surface area contributed by atoms with Crippen LogP contribution in [-0.4, -0.2) is 45.2 Å². The van der Waals surface area contributed by atoms with E-state index < -0.39 is 0 Å². The molecular weight excluding hydrogens is 322 g/mol. The van der Waals surface area contributed by atoms with Crippen LogP contribution in [0.25, 0.3) is 0 Å². The third kappa shape index (κ3) is 3.33. The normalized spacial score (nSPS) is 13.3. The number of pyridine rings is 1. The van der Waals surface area contributed by atoms with Crippen molar-refractivity contribution >= 4 is 17.7 Å². The predicted octanol–water partition coefficient (Wildman–Crippen LogP) is 2.19. The Morgan fingerprint density at radius 3 is 2.84 bits per heavy atom. The second kappa shape index (κ2) is 6.92. The minimum absolute atomic E-state index is 0.221. The van der Waals surface area contributed by atoms with Crippen molar-refractivity contribution < 1.29 is 14.3 Å². The molecule has 2 amide bonds. The maximum atomic E-state index is 12.7. The number of carbonyl (C=O) groups is 2. The van der Waals surface area contributed by atoms with E-state index in [4.69, 9.17) is 4.74 Å². The fraction of sp³-hybridized carbons (Fsp3) is 0.412. The largest absolute Gasteiger partial charge is 0.450 e. The van der Waals surface area contributed by atoms with Crippen LogP contribution < -0.4 is 5.32 Å². The lowest BCUT2D eigenvalue weighted by Gasteiger charge is -2.28. The van der Waals surface area contributed by atoms with E-state index in [2.05, 4.69) is 20.5 Å². The van der Waals surface area contributed by atoms with Crippen LogP contribution in [0.15, 0.2) is 12.4 Å². The fourth-order valence-corrected chi connectivity index (χ4v) is 2.98. The summed E-state index contributed by atoms with van der Waals surface area (Å²) in [7, 11) is 0. The number of nitrogens with one attached hydrogen (secondary N) is 2. The molecule has 3 rings (SSSR count). The van der Waals surface area contributed by atoms with Crippen LogP contribution in [-0.2, 0) is 17.7 Å². The molecule has 2 aromatic rings. The molecule has 2 N–H and O–H groups in total. The standard InChI is InChI=1S/C17H21N5O3/c1-4-25-17(24)22-6-5-13-12(9-22)7-18-8-14(13)16(23)19-15-10(2)20-21-11(15)3/h7-8H,4-6,9H2,1-3H3,(H,19,23)(H,20,21). The molecule has 0 saturated heterocycles. The molecule has 1 aliphatic heterocycles. The molecule has 0 atom stereocenters. The van der Waals surface area contributed by atoms with Crippen LogP contribution in [0.5, 0.6) is 0 Å². The summed E-state index contributed by atoms with van der Waals surface area (Å²) in [5, 5.41) is 9.83. The van der Waals surface area contributed by atoms with Crippen molar-refractivity contribution in [3.8, 4) is 0 Å². The molecular formula is C17H21N5O3. The molecule has 132 valence electrons. The summed E-state index contributed by atoms with van der Waals surface area (Å²) in [5.74, 6) is -0.221. The number of fused-ring (bicyclic) bond motifs is 1. The predicted molar refractivity (Wildman–Crippen MR) is 91.4 cm³/mol. The SMILES string of the molecule is CCOC(=O)N1CCc2c(cncc2C(=O)Nc2c(C)n[nH]c2C)C1. The fourth-order valence-electron chi connectivity index (χ4n) is 2.98. The topological polar surface area (TPSA) is 100 Å². The molecule has 2 aromatic heterocycles. The first kappa shape index (κ1) is 16.9. The number of aromatic amines is 1. The van der Waals surface area contributed by atoms with Crippen molar-refractivity contribution in [2.24, 2.45) is 0 Å². The highest BCUT2D eigenvalue weighted by Gasteiger charge is 2.26. The summed E-state index contributed by atoms with van der Waals surface area (Å²) < 4.78 is 5.05. The number of aromatic nitrogens is 3. The molecule has 0 bridgehead atoms. The summed E-state index contributed by atoms with van der Waals surface area (Å²) in [5.41, 5.74) is 4.54. The van der Waals surface area contributed by atoms with E-state index in [1.165, 1.54) is 0 Å². The number of nitrogens with zero attached hydrogens (tertiary/aromatic N) is 3. The Balaban J connectivity index is 1.82. The van der Waals surface area contributed by atoms with Crippen molar-refractivity contribution in [1.82, 2.24) is 20.1 Å². The summed E-state index contributed by atoms with van der Waals surface area (Å²) in [4.78, 5) is 30.4. The van der Waals surface area contributed by atoms with Gasteiger partial charge in [-0.3, -0.25) is 14.9 Å². The second-order valence-electron chi connectivity index (χ2n) is 5.96. The molecule has 0 unspecified atom stereocenters. The van der Waals surface area contributed by atoms with Crippen LogP contribution >= 0.6 is 0 Å². The number of ether oxygens (including phenoxy) is 1. The number of hydrogen-bond acceptors (Lipinski definition) is 5. The molecule has 0 fully saturated rings. The van der Waals surface area contributed by atoms with Gasteiger partial charge in [-0.2, -0.15) is 5.10 Å². The van der Waals surface area contributed by atoms with Crippen LogP contribution in [0.3, 0.4) is 0 Å². The Kier molecular flexibility index (Phi) is 4.69. The zero-order chi connectivity index (χ0) is 18.0. The number of anilines is 1.